The van der Waals surface area contributed by atoms with Crippen LogP contribution in [0.3, 0.4) is 0 Å². The standard InChI is InChI=1S/C18H21NO4S4/c1-4-12(24-3)10-16-19(7-5-9-27(20,21)22)17-15(26-16)11-14(23-2)13-6-8-25-18(13)17/h6,8,10-11H,4-5,7,9H2,1-3H3/p+1/b12-10-. The molecule has 0 aliphatic carbocycles. The van der Waals surface area contributed by atoms with Gasteiger partial charge in [-0.25, -0.2) is 0 Å². The Kier molecular flexibility index (Phi) is 6.47. The summed E-state index contributed by atoms with van der Waals surface area (Å²) in [5.41, 5.74) is 1.10. The first-order chi connectivity index (χ1) is 12.9. The lowest BCUT2D eigenvalue weighted by molar-refractivity contribution is -0.667. The van der Waals surface area contributed by atoms with Crippen LogP contribution in [-0.2, 0) is 16.7 Å². The number of thiazole rings is 1. The molecule has 0 aliphatic rings. The lowest BCUT2D eigenvalue weighted by Gasteiger charge is -2.02. The maximum absolute atomic E-state index is 11.2. The van der Waals surface area contributed by atoms with Crippen molar-refractivity contribution in [1.29, 1.82) is 0 Å². The molecule has 0 bridgehead atoms. The number of thioether (sulfide) groups is 1. The Bertz CT molecular complexity index is 1090. The van der Waals surface area contributed by atoms with Crippen molar-refractivity contribution < 1.29 is 22.3 Å². The lowest BCUT2D eigenvalue weighted by atomic mass is 10.2. The van der Waals surface area contributed by atoms with Crippen LogP contribution in [0.25, 0.3) is 26.4 Å². The topological polar surface area (TPSA) is 67.5 Å². The van der Waals surface area contributed by atoms with Crippen LogP contribution in [0, 0.1) is 0 Å². The summed E-state index contributed by atoms with van der Waals surface area (Å²) in [5, 5.41) is 4.18. The van der Waals surface area contributed by atoms with Gasteiger partial charge in [-0.15, -0.1) is 23.1 Å². The third-order valence-electron chi connectivity index (χ3n) is 4.29. The maximum atomic E-state index is 11.2. The van der Waals surface area contributed by atoms with Crippen LogP contribution in [0.5, 0.6) is 5.75 Å². The summed E-state index contributed by atoms with van der Waals surface area (Å²) >= 11 is 5.05. The van der Waals surface area contributed by atoms with Crippen molar-refractivity contribution in [3.63, 3.8) is 0 Å². The third kappa shape index (κ3) is 4.48. The van der Waals surface area contributed by atoms with Gasteiger partial charge in [-0.3, -0.25) is 4.55 Å². The summed E-state index contributed by atoms with van der Waals surface area (Å²) in [4.78, 5) is 1.26. The summed E-state index contributed by atoms with van der Waals surface area (Å²) in [7, 11) is -2.29. The SMILES string of the molecule is CC/C(=C/c1sc2cc(OC)c3ccsc3c2[n+]1CCCS(=O)(=O)O)SC. The number of aromatic nitrogens is 1. The molecule has 0 atom stereocenters. The van der Waals surface area contributed by atoms with E-state index >= 15 is 0 Å². The Labute approximate surface area is 171 Å². The highest BCUT2D eigenvalue weighted by atomic mass is 32.2. The fraction of sp³-hybridized carbons (Fsp3) is 0.389. The molecule has 1 aromatic carbocycles. The van der Waals surface area contributed by atoms with E-state index in [-0.39, 0.29) is 5.75 Å². The highest BCUT2D eigenvalue weighted by molar-refractivity contribution is 8.02. The average Bonchev–Trinajstić information content (AvgIpc) is 3.22. The number of benzene rings is 1. The minimum absolute atomic E-state index is 0.243. The average molecular weight is 445 g/mol. The highest BCUT2D eigenvalue weighted by Crippen LogP contribution is 2.38. The van der Waals surface area contributed by atoms with Gasteiger partial charge in [0.25, 0.3) is 15.1 Å². The molecule has 2 aromatic heterocycles. The summed E-state index contributed by atoms with van der Waals surface area (Å²) in [6, 6.07) is 4.10. The number of hydrogen-bond acceptors (Lipinski definition) is 6. The summed E-state index contributed by atoms with van der Waals surface area (Å²) < 4.78 is 41.4. The maximum Gasteiger partial charge on any atom is 0.265 e. The lowest BCUT2D eigenvalue weighted by Crippen LogP contribution is -2.36. The van der Waals surface area contributed by atoms with Gasteiger partial charge in [0.1, 0.15) is 15.1 Å². The Hall–Kier alpha value is -1.13. The van der Waals surface area contributed by atoms with Crippen molar-refractivity contribution in [2.45, 2.75) is 26.3 Å². The second-order valence-electron chi connectivity index (χ2n) is 5.99. The number of rotatable bonds is 8. The van der Waals surface area contributed by atoms with Gasteiger partial charge in [-0.1, -0.05) is 18.3 Å². The van der Waals surface area contributed by atoms with E-state index in [1.807, 2.05) is 11.4 Å². The van der Waals surface area contributed by atoms with Gasteiger partial charge in [-0.05, 0) is 29.0 Å². The zero-order valence-electron chi connectivity index (χ0n) is 15.4. The van der Waals surface area contributed by atoms with Gasteiger partial charge < -0.3 is 4.74 Å². The van der Waals surface area contributed by atoms with Gasteiger partial charge in [0.2, 0.25) is 5.52 Å². The molecule has 0 radical (unpaired) electrons. The van der Waals surface area contributed by atoms with Crippen LogP contribution in [0.15, 0.2) is 22.4 Å². The number of fused-ring (bicyclic) bond motifs is 3. The van der Waals surface area contributed by atoms with Gasteiger partial charge in [0, 0.05) is 23.9 Å². The van der Waals surface area contributed by atoms with Crippen molar-refractivity contribution in [3.8, 4) is 5.75 Å². The predicted molar refractivity (Wildman–Crippen MR) is 117 cm³/mol. The van der Waals surface area contributed by atoms with Crippen molar-refractivity contribution in [1.82, 2.24) is 0 Å². The smallest absolute Gasteiger partial charge is 0.265 e. The molecule has 0 unspecified atom stereocenters. The molecule has 0 spiro atoms. The molecule has 1 N–H and O–H groups in total. The van der Waals surface area contributed by atoms with E-state index in [4.69, 9.17) is 9.29 Å². The van der Waals surface area contributed by atoms with Gasteiger partial charge >= 0.3 is 0 Å². The van der Waals surface area contributed by atoms with E-state index in [0.717, 1.165) is 37.5 Å². The summed E-state index contributed by atoms with van der Waals surface area (Å²) in [6.45, 7) is 2.65. The van der Waals surface area contributed by atoms with Gasteiger partial charge in [0.15, 0.2) is 6.54 Å². The van der Waals surface area contributed by atoms with Crippen LogP contribution in [0.4, 0.5) is 0 Å². The normalized spacial score (nSPS) is 13.0. The van der Waals surface area contributed by atoms with E-state index in [9.17, 15) is 8.42 Å². The number of nitrogens with zero attached hydrogens (tertiary/aromatic N) is 1. The zero-order chi connectivity index (χ0) is 19.6. The molecule has 5 nitrogen and oxygen atoms in total. The highest BCUT2D eigenvalue weighted by Gasteiger charge is 2.25. The third-order valence-corrected chi connectivity index (χ3v) is 8.03. The van der Waals surface area contributed by atoms with E-state index in [2.05, 4.69) is 29.9 Å². The van der Waals surface area contributed by atoms with E-state index in [1.54, 1.807) is 41.5 Å². The number of aryl methyl sites for hydroxylation is 1. The molecular formula is C18H22NO4S4+. The molecular weight excluding hydrogens is 422 g/mol. The molecule has 0 fully saturated rings. The number of ether oxygens (including phenoxy) is 1. The number of thiophene rings is 1. The van der Waals surface area contributed by atoms with E-state index < -0.39 is 10.1 Å². The zero-order valence-corrected chi connectivity index (χ0v) is 18.7. The van der Waals surface area contributed by atoms with Crippen LogP contribution in [0.1, 0.15) is 24.8 Å². The van der Waals surface area contributed by atoms with Crippen molar-refractivity contribution in [3.05, 3.63) is 27.4 Å². The Morgan fingerprint density at radius 1 is 1.44 bits per heavy atom. The summed E-state index contributed by atoms with van der Waals surface area (Å²) in [6.07, 6.45) is 5.54. The van der Waals surface area contributed by atoms with Crippen molar-refractivity contribution >= 4 is 70.9 Å². The predicted octanol–water partition coefficient (Wildman–Crippen LogP) is 4.80. The molecule has 0 aliphatic heterocycles. The van der Waals surface area contributed by atoms with Crippen LogP contribution in [0.2, 0.25) is 0 Å². The Morgan fingerprint density at radius 2 is 2.22 bits per heavy atom. The van der Waals surface area contributed by atoms with Gasteiger partial charge in [-0.2, -0.15) is 13.0 Å². The first kappa shape index (κ1) is 20.6. The first-order valence-corrected chi connectivity index (χ1v) is 13.0. The largest absolute Gasteiger partial charge is 0.496 e. The minimum Gasteiger partial charge on any atom is -0.496 e. The molecule has 2 heterocycles. The monoisotopic (exact) mass is 444 g/mol. The van der Waals surface area contributed by atoms with Crippen molar-refractivity contribution in [2.75, 3.05) is 19.1 Å². The number of allylic oxidation sites excluding steroid dienone is 1. The van der Waals surface area contributed by atoms with E-state index in [0.29, 0.717) is 13.0 Å². The fourth-order valence-electron chi connectivity index (χ4n) is 3.02. The quantitative estimate of drug-likeness (QED) is 0.399. The molecule has 146 valence electrons. The van der Waals surface area contributed by atoms with Crippen molar-refractivity contribution in [2.24, 2.45) is 0 Å². The second kappa shape index (κ2) is 8.48. The van der Waals surface area contributed by atoms with E-state index in [1.165, 1.54) is 4.91 Å². The molecule has 0 saturated heterocycles. The molecule has 27 heavy (non-hydrogen) atoms. The molecule has 3 rings (SSSR count). The molecule has 0 saturated carbocycles. The Morgan fingerprint density at radius 3 is 2.85 bits per heavy atom. The first-order valence-electron chi connectivity index (χ1n) is 8.48. The summed E-state index contributed by atoms with van der Waals surface area (Å²) in [5.74, 6) is 0.606. The van der Waals surface area contributed by atoms with Crippen LogP contribution in [-0.4, -0.2) is 32.1 Å². The number of hydrogen-bond donors (Lipinski definition) is 1. The molecule has 9 heteroatoms. The minimum atomic E-state index is -3.97. The second-order valence-corrected chi connectivity index (χ2v) is 10.5. The van der Waals surface area contributed by atoms with Crippen LogP contribution < -0.4 is 9.30 Å². The molecule has 0 amide bonds. The Balaban J connectivity index is 2.20. The number of methoxy groups -OCH3 is 1. The molecule has 3 aromatic rings. The fourth-order valence-corrected chi connectivity index (χ4v) is 6.33. The van der Waals surface area contributed by atoms with Gasteiger partial charge in [0.05, 0.1) is 12.9 Å². The van der Waals surface area contributed by atoms with Crippen LogP contribution >= 0.6 is 34.4 Å².